The third-order valence-electron chi connectivity index (χ3n) is 2.88. The van der Waals surface area contributed by atoms with Crippen molar-refractivity contribution in [2.45, 2.75) is 20.0 Å². The van der Waals surface area contributed by atoms with Crippen molar-refractivity contribution in [3.05, 3.63) is 10.1 Å². The molecule has 0 spiro atoms. The van der Waals surface area contributed by atoms with Gasteiger partial charge in [0, 0.05) is 10.8 Å². The molecule has 0 aromatic heterocycles. The van der Waals surface area contributed by atoms with Crippen molar-refractivity contribution >= 4 is 0 Å². The zero-order valence-electron chi connectivity index (χ0n) is 9.72. The molecule has 94 valence electrons. The van der Waals surface area contributed by atoms with Crippen molar-refractivity contribution in [1.82, 2.24) is 0 Å². The van der Waals surface area contributed by atoms with Crippen LogP contribution in [0, 0.1) is 21.4 Å². The van der Waals surface area contributed by atoms with Crippen molar-refractivity contribution in [3.8, 4) is 0 Å². The quantitative estimate of drug-likeness (QED) is 0.560. The average molecular weight is 233 g/mol. The highest BCUT2D eigenvalue weighted by Crippen LogP contribution is 2.25. The molecule has 2 unspecified atom stereocenters. The number of aliphatic hydroxyl groups is 1. The van der Waals surface area contributed by atoms with Crippen molar-refractivity contribution in [2.24, 2.45) is 11.3 Å². The predicted octanol–water partition coefficient (Wildman–Crippen LogP) is 0.313. The fourth-order valence-electron chi connectivity index (χ4n) is 1.48. The summed E-state index contributed by atoms with van der Waals surface area (Å²) in [7, 11) is 0. The number of aliphatic hydroxyl groups excluding tert-OH is 1. The van der Waals surface area contributed by atoms with E-state index in [1.54, 1.807) is 0 Å². The molecule has 2 fully saturated rings. The van der Waals surface area contributed by atoms with Crippen LogP contribution in [0.5, 0.6) is 0 Å². The zero-order chi connectivity index (χ0) is 12.2. The Balaban J connectivity index is 0.000000165. The summed E-state index contributed by atoms with van der Waals surface area (Å²) in [6, 6.07) is 0. The summed E-state index contributed by atoms with van der Waals surface area (Å²) < 4.78 is 9.81. The molecule has 2 heterocycles. The molecule has 0 bridgehead atoms. The third-order valence-corrected chi connectivity index (χ3v) is 2.88. The van der Waals surface area contributed by atoms with Crippen LogP contribution in [0.3, 0.4) is 0 Å². The molecule has 2 rings (SSSR count). The molecule has 0 amide bonds. The van der Waals surface area contributed by atoms with E-state index in [0.717, 1.165) is 6.61 Å². The molecule has 2 saturated heterocycles. The fraction of sp³-hybridized carbons (Fsp3) is 1.00. The Kier molecular flexibility index (Phi) is 4.64. The Morgan fingerprint density at radius 1 is 1.56 bits per heavy atom. The number of hydrogen-bond donors (Lipinski definition) is 1. The lowest BCUT2D eigenvalue weighted by molar-refractivity contribution is -0.506. The predicted molar refractivity (Wildman–Crippen MR) is 56.8 cm³/mol. The lowest BCUT2D eigenvalue weighted by Crippen LogP contribution is -2.45. The van der Waals surface area contributed by atoms with Gasteiger partial charge in [-0.25, -0.2) is 0 Å². The van der Waals surface area contributed by atoms with Crippen LogP contribution >= 0.6 is 0 Å². The van der Waals surface area contributed by atoms with Crippen LogP contribution in [0.25, 0.3) is 0 Å². The molecule has 0 saturated carbocycles. The lowest BCUT2D eigenvalue weighted by Gasteiger charge is -2.33. The van der Waals surface area contributed by atoms with Gasteiger partial charge in [0.2, 0.25) is 6.54 Å². The number of hydrogen-bond acceptors (Lipinski definition) is 5. The minimum absolute atomic E-state index is 0.0347. The Hall–Kier alpha value is -0.720. The molecule has 0 aliphatic carbocycles. The molecule has 6 heteroatoms. The van der Waals surface area contributed by atoms with Crippen LogP contribution in [0.1, 0.15) is 13.8 Å². The Morgan fingerprint density at radius 2 is 2.19 bits per heavy atom. The van der Waals surface area contributed by atoms with Gasteiger partial charge in [0.05, 0.1) is 37.9 Å². The van der Waals surface area contributed by atoms with Gasteiger partial charge in [-0.1, -0.05) is 0 Å². The van der Waals surface area contributed by atoms with Crippen LogP contribution in [-0.2, 0) is 9.47 Å². The molecule has 0 aromatic carbocycles. The maximum atomic E-state index is 9.96. The maximum absolute atomic E-state index is 9.96. The highest BCUT2D eigenvalue weighted by molar-refractivity contribution is 4.79. The van der Waals surface area contributed by atoms with Gasteiger partial charge in [0.1, 0.15) is 0 Å². The van der Waals surface area contributed by atoms with Crippen molar-refractivity contribution in [3.63, 3.8) is 0 Å². The standard InChI is InChI=1S/C5H9NO3.C5H10O2/c1-5(2-6(7)8)3-9-4-5;1-4-5(2-6)3-7-4/h2-4H2,1H3;4-6H,2-3H2,1H3. The maximum Gasteiger partial charge on any atom is 0.213 e. The van der Waals surface area contributed by atoms with E-state index in [2.05, 4.69) is 0 Å². The molecule has 1 N–H and O–H groups in total. The van der Waals surface area contributed by atoms with Gasteiger partial charge in [-0.05, 0) is 13.8 Å². The highest BCUT2D eigenvalue weighted by atomic mass is 16.6. The van der Waals surface area contributed by atoms with E-state index in [4.69, 9.17) is 14.6 Å². The van der Waals surface area contributed by atoms with Gasteiger partial charge < -0.3 is 14.6 Å². The van der Waals surface area contributed by atoms with E-state index >= 15 is 0 Å². The normalized spacial score (nSPS) is 30.4. The molecule has 2 atom stereocenters. The van der Waals surface area contributed by atoms with E-state index in [-0.39, 0.29) is 23.5 Å². The summed E-state index contributed by atoms with van der Waals surface area (Å²) in [4.78, 5) is 9.67. The number of rotatable bonds is 3. The van der Waals surface area contributed by atoms with E-state index in [1.807, 2.05) is 13.8 Å². The van der Waals surface area contributed by atoms with Crippen molar-refractivity contribution in [1.29, 1.82) is 0 Å². The monoisotopic (exact) mass is 233 g/mol. The smallest absolute Gasteiger partial charge is 0.213 e. The summed E-state index contributed by atoms with van der Waals surface area (Å²) in [5.74, 6) is 0.417. The largest absolute Gasteiger partial charge is 0.396 e. The van der Waals surface area contributed by atoms with Gasteiger partial charge in [0.15, 0.2) is 0 Å². The van der Waals surface area contributed by atoms with Crippen molar-refractivity contribution in [2.75, 3.05) is 33.0 Å². The first kappa shape index (κ1) is 13.3. The first-order valence-corrected chi connectivity index (χ1v) is 5.39. The first-order valence-electron chi connectivity index (χ1n) is 5.39. The summed E-state index contributed by atoms with van der Waals surface area (Å²) in [6.07, 6.45) is 0.296. The molecular formula is C10H19NO5. The van der Waals surface area contributed by atoms with E-state index < -0.39 is 0 Å². The Morgan fingerprint density at radius 3 is 2.25 bits per heavy atom. The minimum Gasteiger partial charge on any atom is -0.396 e. The molecule has 2 aliphatic heterocycles. The van der Waals surface area contributed by atoms with Gasteiger partial charge >= 0.3 is 0 Å². The second-order valence-electron chi connectivity index (χ2n) is 4.78. The van der Waals surface area contributed by atoms with Gasteiger partial charge in [0.25, 0.3) is 0 Å². The van der Waals surface area contributed by atoms with Crippen LogP contribution in [0.2, 0.25) is 0 Å². The molecule has 6 nitrogen and oxygen atoms in total. The molecule has 0 radical (unpaired) electrons. The highest BCUT2D eigenvalue weighted by Gasteiger charge is 2.38. The Bertz CT molecular complexity index is 239. The van der Waals surface area contributed by atoms with Crippen LogP contribution in [-0.4, -0.2) is 49.1 Å². The van der Waals surface area contributed by atoms with Crippen LogP contribution < -0.4 is 0 Å². The lowest BCUT2D eigenvalue weighted by atomic mass is 9.89. The van der Waals surface area contributed by atoms with Gasteiger partial charge in [-0.15, -0.1) is 0 Å². The minimum atomic E-state index is -0.289. The molecule has 0 aromatic rings. The summed E-state index contributed by atoms with van der Waals surface area (Å²) >= 11 is 0. The van der Waals surface area contributed by atoms with Gasteiger partial charge in [-0.3, -0.25) is 10.1 Å². The molecule has 2 aliphatic rings. The van der Waals surface area contributed by atoms with Gasteiger partial charge in [-0.2, -0.15) is 0 Å². The zero-order valence-corrected chi connectivity index (χ0v) is 9.72. The topological polar surface area (TPSA) is 81.8 Å². The second kappa shape index (κ2) is 5.56. The Labute approximate surface area is 94.7 Å². The third kappa shape index (κ3) is 3.70. The van der Waals surface area contributed by atoms with E-state index in [0.29, 0.717) is 25.2 Å². The first-order chi connectivity index (χ1) is 7.47. The fourth-order valence-corrected chi connectivity index (χ4v) is 1.48. The molecule has 16 heavy (non-hydrogen) atoms. The summed E-state index contributed by atoms with van der Waals surface area (Å²) in [6.45, 7) is 5.97. The number of nitrogens with zero attached hydrogens (tertiary/aromatic N) is 1. The summed E-state index contributed by atoms with van der Waals surface area (Å²) in [5.41, 5.74) is -0.177. The SMILES string of the molecule is CC1(C[N+](=O)[O-])COC1.CC1OCC1CO. The number of ether oxygens (including phenoxy) is 2. The second-order valence-corrected chi connectivity index (χ2v) is 4.78. The number of nitro groups is 1. The summed E-state index contributed by atoms with van der Waals surface area (Å²) in [5, 5.41) is 18.4. The van der Waals surface area contributed by atoms with E-state index in [9.17, 15) is 10.1 Å². The van der Waals surface area contributed by atoms with Crippen LogP contribution in [0.4, 0.5) is 0 Å². The average Bonchev–Trinajstić information content (AvgIpc) is 2.14. The molecular weight excluding hydrogens is 214 g/mol. The van der Waals surface area contributed by atoms with E-state index in [1.165, 1.54) is 0 Å². The van der Waals surface area contributed by atoms with Crippen LogP contribution in [0.15, 0.2) is 0 Å². The van der Waals surface area contributed by atoms with Crippen molar-refractivity contribution < 1.29 is 19.5 Å².